The van der Waals surface area contributed by atoms with Gasteiger partial charge in [-0.2, -0.15) is 5.10 Å². The lowest BCUT2D eigenvalue weighted by Gasteiger charge is -2.19. The minimum atomic E-state index is -3.24. The number of aliphatic imine (C=N–C) groups is 1. The van der Waals surface area contributed by atoms with E-state index in [-0.39, 0.29) is 5.75 Å². The Hall–Kier alpha value is -1.74. The molecule has 0 aliphatic carbocycles. The third kappa shape index (κ3) is 4.26. The van der Waals surface area contributed by atoms with Crippen molar-refractivity contribution in [3.63, 3.8) is 0 Å². The standard InChI is InChI=1S/C19H18Cl2N4O2S2/c1-2-29(26,27)25-8-7-13-9-12(3-6-18(13)25)17-11-28-19(24-23-17)22-14-4-5-15(20)16(21)10-14/h3-6,9-10H,2,7-8,11H2,1H3,(H,22,24). The number of hydrogen-bond donors (Lipinski definition) is 1. The summed E-state index contributed by atoms with van der Waals surface area (Å²) >= 11 is 13.5. The van der Waals surface area contributed by atoms with E-state index in [2.05, 4.69) is 15.5 Å². The van der Waals surface area contributed by atoms with Gasteiger partial charge in [0.05, 0.1) is 32.9 Å². The van der Waals surface area contributed by atoms with Gasteiger partial charge < -0.3 is 0 Å². The maximum absolute atomic E-state index is 12.2. The van der Waals surface area contributed by atoms with Gasteiger partial charge in [-0.3, -0.25) is 9.73 Å². The van der Waals surface area contributed by atoms with Crippen LogP contribution in [0.25, 0.3) is 0 Å². The molecule has 10 heteroatoms. The minimum Gasteiger partial charge on any atom is -0.270 e. The number of hydrazone groups is 1. The molecule has 2 heterocycles. The van der Waals surface area contributed by atoms with Crippen molar-refractivity contribution >= 4 is 67.2 Å². The van der Waals surface area contributed by atoms with Crippen molar-refractivity contribution in [3.8, 4) is 0 Å². The third-order valence-corrected chi connectivity index (χ3v) is 8.13. The summed E-state index contributed by atoms with van der Waals surface area (Å²) in [5.41, 5.74) is 7.35. The highest BCUT2D eigenvalue weighted by molar-refractivity contribution is 8.14. The summed E-state index contributed by atoms with van der Waals surface area (Å²) in [7, 11) is -3.24. The van der Waals surface area contributed by atoms with E-state index >= 15 is 0 Å². The predicted octanol–water partition coefficient (Wildman–Crippen LogP) is 4.43. The summed E-state index contributed by atoms with van der Waals surface area (Å²) in [6.45, 7) is 2.16. The first kappa shape index (κ1) is 20.5. The Morgan fingerprint density at radius 1 is 1.21 bits per heavy atom. The van der Waals surface area contributed by atoms with E-state index in [9.17, 15) is 8.42 Å². The molecule has 2 aromatic carbocycles. The second-order valence-electron chi connectivity index (χ2n) is 6.54. The molecule has 29 heavy (non-hydrogen) atoms. The van der Waals surface area contributed by atoms with E-state index in [0.717, 1.165) is 22.5 Å². The van der Waals surface area contributed by atoms with Gasteiger partial charge in [-0.15, -0.1) is 0 Å². The second-order valence-corrected chi connectivity index (χ2v) is 10.5. The Kier molecular flexibility index (Phi) is 5.79. The normalized spacial score (nSPS) is 17.8. The van der Waals surface area contributed by atoms with Crippen LogP contribution < -0.4 is 9.73 Å². The first-order valence-corrected chi connectivity index (χ1v) is 12.4. The number of amidine groups is 1. The molecule has 0 atom stereocenters. The molecule has 0 fully saturated rings. The van der Waals surface area contributed by atoms with Crippen LogP contribution in [-0.2, 0) is 16.4 Å². The molecule has 0 spiro atoms. The quantitative estimate of drug-likeness (QED) is 0.719. The second kappa shape index (κ2) is 8.18. The molecule has 4 rings (SSSR count). The number of nitrogens with zero attached hydrogens (tertiary/aromatic N) is 3. The molecular weight excluding hydrogens is 451 g/mol. The van der Waals surface area contributed by atoms with Crippen molar-refractivity contribution in [2.45, 2.75) is 13.3 Å². The van der Waals surface area contributed by atoms with Gasteiger partial charge in [-0.25, -0.2) is 13.4 Å². The lowest BCUT2D eigenvalue weighted by Crippen LogP contribution is -2.30. The molecule has 2 aliphatic rings. The average molecular weight is 469 g/mol. The Morgan fingerprint density at radius 3 is 2.72 bits per heavy atom. The number of benzene rings is 2. The van der Waals surface area contributed by atoms with Gasteiger partial charge >= 0.3 is 0 Å². The van der Waals surface area contributed by atoms with E-state index in [0.29, 0.717) is 39.6 Å². The highest BCUT2D eigenvalue weighted by Crippen LogP contribution is 2.32. The number of anilines is 1. The fourth-order valence-corrected chi connectivity index (χ4v) is 5.43. The van der Waals surface area contributed by atoms with Crippen LogP contribution in [0.15, 0.2) is 46.5 Å². The number of halogens is 2. The average Bonchev–Trinajstić information content (AvgIpc) is 3.15. The smallest absolute Gasteiger partial charge is 0.234 e. The van der Waals surface area contributed by atoms with Gasteiger partial charge in [0.2, 0.25) is 10.0 Å². The fraction of sp³-hybridized carbons (Fsp3) is 0.263. The molecule has 6 nitrogen and oxygen atoms in total. The van der Waals surface area contributed by atoms with Crippen molar-refractivity contribution < 1.29 is 8.42 Å². The van der Waals surface area contributed by atoms with E-state index in [4.69, 9.17) is 23.2 Å². The van der Waals surface area contributed by atoms with Gasteiger partial charge in [0.15, 0.2) is 5.17 Å². The molecule has 2 aromatic rings. The summed E-state index contributed by atoms with van der Waals surface area (Å²) in [4.78, 5) is 4.50. The van der Waals surface area contributed by atoms with E-state index in [1.807, 2.05) is 18.2 Å². The first-order chi connectivity index (χ1) is 13.9. The SMILES string of the molecule is CCS(=O)(=O)N1CCc2cc(C3=NNC(=Nc4ccc(Cl)c(Cl)c4)SC3)ccc21. The number of thioether (sulfide) groups is 1. The number of rotatable bonds is 4. The molecule has 0 amide bonds. The summed E-state index contributed by atoms with van der Waals surface area (Å²) in [6.07, 6.45) is 0.709. The monoisotopic (exact) mass is 468 g/mol. The highest BCUT2D eigenvalue weighted by atomic mass is 35.5. The van der Waals surface area contributed by atoms with Crippen LogP contribution in [0.3, 0.4) is 0 Å². The van der Waals surface area contributed by atoms with Gasteiger partial charge in [-0.05, 0) is 54.8 Å². The van der Waals surface area contributed by atoms with Crippen molar-refractivity contribution in [1.82, 2.24) is 5.43 Å². The zero-order valence-electron chi connectivity index (χ0n) is 15.5. The van der Waals surface area contributed by atoms with Crippen LogP contribution in [0.2, 0.25) is 10.0 Å². The van der Waals surface area contributed by atoms with Crippen LogP contribution in [0, 0.1) is 0 Å². The molecule has 0 aromatic heterocycles. The van der Waals surface area contributed by atoms with Crippen LogP contribution in [0.1, 0.15) is 18.1 Å². The zero-order valence-corrected chi connectivity index (χ0v) is 18.7. The van der Waals surface area contributed by atoms with Gasteiger partial charge in [0, 0.05) is 12.3 Å². The first-order valence-electron chi connectivity index (χ1n) is 9.00. The lowest BCUT2D eigenvalue weighted by molar-refractivity contribution is 0.593. The Balaban J connectivity index is 1.52. The van der Waals surface area contributed by atoms with Gasteiger partial charge in [0.1, 0.15) is 0 Å². The third-order valence-electron chi connectivity index (χ3n) is 4.73. The van der Waals surface area contributed by atoms with Gasteiger partial charge in [0.25, 0.3) is 0 Å². The predicted molar refractivity (Wildman–Crippen MR) is 123 cm³/mol. The molecule has 2 aliphatic heterocycles. The number of fused-ring (bicyclic) bond motifs is 1. The largest absolute Gasteiger partial charge is 0.270 e. The maximum Gasteiger partial charge on any atom is 0.234 e. The van der Waals surface area contributed by atoms with Gasteiger partial charge in [-0.1, -0.05) is 41.0 Å². The van der Waals surface area contributed by atoms with Crippen LogP contribution >= 0.6 is 35.0 Å². The number of hydrogen-bond acceptors (Lipinski definition) is 5. The van der Waals surface area contributed by atoms with Crippen molar-refractivity contribution in [3.05, 3.63) is 57.6 Å². The maximum atomic E-state index is 12.2. The molecule has 0 radical (unpaired) electrons. The molecule has 0 saturated heterocycles. The van der Waals surface area contributed by atoms with E-state index in [1.54, 1.807) is 25.1 Å². The van der Waals surface area contributed by atoms with E-state index in [1.165, 1.54) is 16.1 Å². The summed E-state index contributed by atoms with van der Waals surface area (Å²) in [5.74, 6) is 0.755. The fourth-order valence-electron chi connectivity index (χ4n) is 3.19. The molecule has 0 bridgehead atoms. The van der Waals surface area contributed by atoms with Crippen molar-refractivity contribution in [2.75, 3.05) is 22.4 Å². The zero-order chi connectivity index (χ0) is 20.6. The van der Waals surface area contributed by atoms with Crippen molar-refractivity contribution in [2.24, 2.45) is 10.1 Å². The molecular formula is C19H18Cl2N4O2S2. The summed E-state index contributed by atoms with van der Waals surface area (Å²) in [5, 5.41) is 6.07. The molecule has 1 N–H and O–H groups in total. The van der Waals surface area contributed by atoms with E-state index < -0.39 is 10.0 Å². The highest BCUT2D eigenvalue weighted by Gasteiger charge is 2.28. The number of nitrogens with one attached hydrogen (secondary N) is 1. The van der Waals surface area contributed by atoms with Crippen molar-refractivity contribution in [1.29, 1.82) is 0 Å². The molecule has 0 unspecified atom stereocenters. The Labute approximate surface area is 184 Å². The molecule has 0 saturated carbocycles. The molecule has 152 valence electrons. The number of sulfonamides is 1. The Morgan fingerprint density at radius 2 is 2.03 bits per heavy atom. The van der Waals surface area contributed by atoms with Crippen LogP contribution in [0.5, 0.6) is 0 Å². The summed E-state index contributed by atoms with van der Waals surface area (Å²) in [6, 6.07) is 11.0. The topological polar surface area (TPSA) is 74.1 Å². The Bertz CT molecular complexity index is 1130. The van der Waals surface area contributed by atoms with Crippen LogP contribution in [-0.4, -0.2) is 37.3 Å². The van der Waals surface area contributed by atoms with Crippen LogP contribution in [0.4, 0.5) is 11.4 Å². The minimum absolute atomic E-state index is 0.0996. The summed E-state index contributed by atoms with van der Waals surface area (Å²) < 4.78 is 26.0. The lowest BCUT2D eigenvalue weighted by atomic mass is 10.1.